The number of carbonyl (C=O) groups is 2. The topological polar surface area (TPSA) is 80.6 Å². The molecular weight excluding hydrogens is 344 g/mol. The Kier molecular flexibility index (Phi) is 6.25. The van der Waals surface area contributed by atoms with Crippen LogP contribution in [0.2, 0.25) is 0 Å². The summed E-state index contributed by atoms with van der Waals surface area (Å²) in [5.41, 5.74) is 1.49. The molecule has 0 aliphatic heterocycles. The van der Waals surface area contributed by atoms with Crippen molar-refractivity contribution in [2.24, 2.45) is 0 Å². The molecule has 0 spiro atoms. The van der Waals surface area contributed by atoms with Gasteiger partial charge in [0.2, 0.25) is 0 Å². The Balaban J connectivity index is 1.47. The summed E-state index contributed by atoms with van der Waals surface area (Å²) in [5, 5.41) is 5.55. The molecule has 0 aliphatic rings. The molecule has 1 heterocycles. The van der Waals surface area contributed by atoms with Crippen molar-refractivity contribution in [1.29, 1.82) is 0 Å². The summed E-state index contributed by atoms with van der Waals surface area (Å²) in [5.74, 6) is 0.646. The first-order valence-corrected chi connectivity index (χ1v) is 8.55. The van der Waals surface area contributed by atoms with Gasteiger partial charge >= 0.3 is 0 Å². The molecule has 0 atom stereocenters. The first-order chi connectivity index (χ1) is 13.2. The number of ether oxygens (including phenoxy) is 1. The van der Waals surface area contributed by atoms with Crippen molar-refractivity contribution in [2.45, 2.75) is 13.1 Å². The zero-order valence-corrected chi connectivity index (χ0v) is 14.7. The highest BCUT2D eigenvalue weighted by Gasteiger charge is 2.08. The summed E-state index contributed by atoms with van der Waals surface area (Å²) in [6.07, 6.45) is 1.55. The third-order valence-electron chi connectivity index (χ3n) is 3.80. The van der Waals surface area contributed by atoms with E-state index in [4.69, 9.17) is 9.15 Å². The van der Waals surface area contributed by atoms with Gasteiger partial charge in [-0.05, 0) is 35.9 Å². The quantitative estimate of drug-likeness (QED) is 0.644. The number of rotatable bonds is 8. The normalized spacial score (nSPS) is 10.2. The van der Waals surface area contributed by atoms with Crippen molar-refractivity contribution in [1.82, 2.24) is 10.6 Å². The van der Waals surface area contributed by atoms with Crippen LogP contribution in [0.3, 0.4) is 0 Å². The van der Waals surface area contributed by atoms with E-state index in [9.17, 15) is 9.59 Å². The second-order valence-corrected chi connectivity index (χ2v) is 5.84. The molecule has 2 amide bonds. The van der Waals surface area contributed by atoms with Gasteiger partial charge in [-0.3, -0.25) is 9.59 Å². The molecule has 0 bridgehead atoms. The van der Waals surface area contributed by atoms with E-state index in [1.165, 1.54) is 0 Å². The molecule has 2 N–H and O–H groups in total. The van der Waals surface area contributed by atoms with Crippen LogP contribution in [-0.2, 0) is 17.9 Å². The van der Waals surface area contributed by atoms with E-state index in [-0.39, 0.29) is 18.4 Å². The lowest BCUT2D eigenvalue weighted by Gasteiger charge is -2.09. The minimum atomic E-state index is -0.273. The van der Waals surface area contributed by atoms with E-state index >= 15 is 0 Å². The van der Waals surface area contributed by atoms with Gasteiger partial charge in [0.05, 0.1) is 12.8 Å². The highest BCUT2D eigenvalue weighted by Crippen LogP contribution is 2.13. The molecule has 2 aromatic carbocycles. The lowest BCUT2D eigenvalue weighted by molar-refractivity contribution is -0.123. The van der Waals surface area contributed by atoms with E-state index in [0.29, 0.717) is 30.2 Å². The summed E-state index contributed by atoms with van der Waals surface area (Å²) >= 11 is 0. The molecule has 0 aliphatic carbocycles. The third-order valence-corrected chi connectivity index (χ3v) is 3.80. The Labute approximate surface area is 157 Å². The number of furan rings is 1. The Morgan fingerprint density at radius 2 is 1.74 bits per heavy atom. The summed E-state index contributed by atoms with van der Waals surface area (Å²) in [4.78, 5) is 24.1. The monoisotopic (exact) mass is 364 g/mol. The largest absolute Gasteiger partial charge is 0.484 e. The van der Waals surface area contributed by atoms with Gasteiger partial charge in [0.25, 0.3) is 11.8 Å². The SMILES string of the molecule is O=C(COc1cccc(C(=O)NCc2ccccc2)c1)NCc1ccco1. The molecule has 27 heavy (non-hydrogen) atoms. The number of carbonyl (C=O) groups excluding carboxylic acids is 2. The minimum Gasteiger partial charge on any atom is -0.484 e. The summed E-state index contributed by atoms with van der Waals surface area (Å²) < 4.78 is 10.6. The molecule has 0 saturated heterocycles. The van der Waals surface area contributed by atoms with Gasteiger partial charge in [0.1, 0.15) is 11.5 Å². The number of benzene rings is 2. The summed E-state index contributed by atoms with van der Waals surface area (Å²) in [7, 11) is 0. The average Bonchev–Trinajstić information content (AvgIpc) is 3.23. The second-order valence-electron chi connectivity index (χ2n) is 5.84. The fraction of sp³-hybridized carbons (Fsp3) is 0.143. The second kappa shape index (κ2) is 9.24. The molecule has 6 heteroatoms. The van der Waals surface area contributed by atoms with E-state index in [1.807, 2.05) is 30.3 Å². The van der Waals surface area contributed by atoms with Crippen molar-refractivity contribution in [3.63, 3.8) is 0 Å². The standard InChI is InChI=1S/C21H20N2O4/c24-20(22-14-19-10-5-11-26-19)15-27-18-9-4-8-17(12-18)21(25)23-13-16-6-2-1-3-7-16/h1-12H,13-15H2,(H,22,24)(H,23,25). The fourth-order valence-corrected chi connectivity index (χ4v) is 2.41. The highest BCUT2D eigenvalue weighted by atomic mass is 16.5. The van der Waals surface area contributed by atoms with E-state index in [1.54, 1.807) is 42.7 Å². The van der Waals surface area contributed by atoms with Crippen LogP contribution in [0.1, 0.15) is 21.7 Å². The Morgan fingerprint density at radius 1 is 0.889 bits per heavy atom. The molecule has 0 unspecified atom stereocenters. The van der Waals surface area contributed by atoms with Crippen molar-refractivity contribution in [3.8, 4) is 5.75 Å². The lowest BCUT2D eigenvalue weighted by atomic mass is 10.2. The Hall–Kier alpha value is -3.54. The maximum atomic E-state index is 12.3. The van der Waals surface area contributed by atoms with Crippen molar-refractivity contribution < 1.29 is 18.7 Å². The fourth-order valence-electron chi connectivity index (χ4n) is 2.41. The van der Waals surface area contributed by atoms with Crippen LogP contribution in [0.5, 0.6) is 5.75 Å². The molecule has 1 aromatic heterocycles. The summed E-state index contributed by atoms with van der Waals surface area (Å²) in [6, 6.07) is 19.9. The van der Waals surface area contributed by atoms with Gasteiger partial charge in [-0.15, -0.1) is 0 Å². The lowest BCUT2D eigenvalue weighted by Crippen LogP contribution is -2.28. The van der Waals surface area contributed by atoms with Crippen molar-refractivity contribution in [2.75, 3.05) is 6.61 Å². The molecule has 3 rings (SSSR count). The molecule has 0 radical (unpaired) electrons. The maximum absolute atomic E-state index is 12.3. The highest BCUT2D eigenvalue weighted by molar-refractivity contribution is 5.94. The minimum absolute atomic E-state index is 0.143. The van der Waals surface area contributed by atoms with E-state index in [0.717, 1.165) is 5.56 Å². The summed E-state index contributed by atoms with van der Waals surface area (Å²) in [6.45, 7) is 0.604. The van der Waals surface area contributed by atoms with Crippen LogP contribution in [0.4, 0.5) is 0 Å². The van der Waals surface area contributed by atoms with Crippen LogP contribution in [0.25, 0.3) is 0 Å². The number of nitrogens with one attached hydrogen (secondary N) is 2. The first-order valence-electron chi connectivity index (χ1n) is 8.55. The number of amides is 2. The zero-order chi connectivity index (χ0) is 18.9. The maximum Gasteiger partial charge on any atom is 0.258 e. The average molecular weight is 364 g/mol. The van der Waals surface area contributed by atoms with Crippen molar-refractivity contribution in [3.05, 3.63) is 89.9 Å². The Morgan fingerprint density at radius 3 is 2.52 bits per heavy atom. The molecule has 0 fully saturated rings. The van der Waals surface area contributed by atoms with E-state index in [2.05, 4.69) is 10.6 Å². The number of hydrogen-bond donors (Lipinski definition) is 2. The molecule has 138 valence electrons. The van der Waals surface area contributed by atoms with Crippen LogP contribution in [0.15, 0.2) is 77.4 Å². The van der Waals surface area contributed by atoms with Gasteiger partial charge in [-0.1, -0.05) is 36.4 Å². The Bertz CT molecular complexity index is 876. The van der Waals surface area contributed by atoms with Crippen molar-refractivity contribution >= 4 is 11.8 Å². The predicted molar refractivity (Wildman–Crippen MR) is 100 cm³/mol. The van der Waals surface area contributed by atoms with Gasteiger partial charge in [-0.25, -0.2) is 0 Å². The van der Waals surface area contributed by atoms with E-state index < -0.39 is 0 Å². The zero-order valence-electron chi connectivity index (χ0n) is 14.7. The van der Waals surface area contributed by atoms with Crippen LogP contribution >= 0.6 is 0 Å². The molecule has 0 saturated carbocycles. The first kappa shape index (κ1) is 18.3. The van der Waals surface area contributed by atoms with Gasteiger partial charge < -0.3 is 19.8 Å². The van der Waals surface area contributed by atoms with Crippen LogP contribution < -0.4 is 15.4 Å². The molecular formula is C21H20N2O4. The predicted octanol–water partition coefficient (Wildman–Crippen LogP) is 2.90. The van der Waals surface area contributed by atoms with Gasteiger partial charge in [0.15, 0.2) is 6.61 Å². The number of hydrogen-bond acceptors (Lipinski definition) is 4. The van der Waals surface area contributed by atoms with Gasteiger partial charge in [-0.2, -0.15) is 0 Å². The molecule has 3 aromatic rings. The smallest absolute Gasteiger partial charge is 0.258 e. The third kappa shape index (κ3) is 5.74. The molecule has 6 nitrogen and oxygen atoms in total. The van der Waals surface area contributed by atoms with Gasteiger partial charge in [0, 0.05) is 12.1 Å². The van der Waals surface area contributed by atoms with Crippen LogP contribution in [-0.4, -0.2) is 18.4 Å². The van der Waals surface area contributed by atoms with Crippen LogP contribution in [0, 0.1) is 0 Å².